The van der Waals surface area contributed by atoms with Crippen molar-refractivity contribution >= 4 is 21.6 Å². The predicted octanol–water partition coefficient (Wildman–Crippen LogP) is 2.93. The van der Waals surface area contributed by atoms with Crippen LogP contribution in [0.5, 0.6) is 0 Å². The Kier molecular flexibility index (Phi) is 4.64. The summed E-state index contributed by atoms with van der Waals surface area (Å²) in [7, 11) is -3.09. The summed E-state index contributed by atoms with van der Waals surface area (Å²) in [5.74, 6) is -0.234. The Balaban J connectivity index is 1.93. The second-order valence-corrected chi connectivity index (χ2v) is 9.86. The lowest BCUT2D eigenvalue weighted by atomic mass is 9.92. The van der Waals surface area contributed by atoms with Gasteiger partial charge in [-0.05, 0) is 30.7 Å². The van der Waals surface area contributed by atoms with Crippen LogP contribution in [-0.4, -0.2) is 35.6 Å². The number of amides is 1. The average Bonchev–Trinajstić information content (AvgIpc) is 3.10. The summed E-state index contributed by atoms with van der Waals surface area (Å²) in [5.41, 5.74) is 0.824. The summed E-state index contributed by atoms with van der Waals surface area (Å²) >= 11 is 0. The van der Waals surface area contributed by atoms with Gasteiger partial charge in [-0.15, -0.1) is 0 Å². The molecule has 0 saturated carbocycles. The molecule has 0 radical (unpaired) electrons. The van der Waals surface area contributed by atoms with E-state index in [1.165, 1.54) is 24.3 Å². The van der Waals surface area contributed by atoms with E-state index in [1.54, 1.807) is 10.7 Å². The maximum Gasteiger partial charge on any atom is 0.256 e. The van der Waals surface area contributed by atoms with E-state index in [9.17, 15) is 17.6 Å². The van der Waals surface area contributed by atoms with E-state index in [4.69, 9.17) is 0 Å². The van der Waals surface area contributed by atoms with Gasteiger partial charge in [-0.2, -0.15) is 5.10 Å². The molecule has 2 aromatic rings. The Hall–Kier alpha value is -2.22. The molecule has 26 heavy (non-hydrogen) atoms. The molecule has 3 rings (SSSR count). The van der Waals surface area contributed by atoms with Crippen molar-refractivity contribution in [2.75, 3.05) is 16.8 Å². The summed E-state index contributed by atoms with van der Waals surface area (Å²) in [6, 6.07) is 6.70. The molecule has 1 atom stereocenters. The number of halogens is 1. The third kappa shape index (κ3) is 3.95. The standard InChI is InChI=1S/C18H22FN3O3S/c1-18(2,3)15-10-16(20-17(23)12-4-6-13(19)7-5-12)22(21-15)14-8-9-26(24,25)11-14/h4-7,10,14H,8-9,11H2,1-3H3,(H,20,23)/t14-/m1/s1. The van der Waals surface area contributed by atoms with Crippen molar-refractivity contribution < 1.29 is 17.6 Å². The number of sulfone groups is 1. The number of nitrogens with zero attached hydrogens (tertiary/aromatic N) is 2. The molecule has 1 saturated heterocycles. The smallest absolute Gasteiger partial charge is 0.256 e. The van der Waals surface area contributed by atoms with Gasteiger partial charge in [0.2, 0.25) is 0 Å². The first-order chi connectivity index (χ1) is 12.0. The number of anilines is 1. The fourth-order valence-electron chi connectivity index (χ4n) is 2.89. The summed E-state index contributed by atoms with van der Waals surface area (Å²) in [6.45, 7) is 5.99. The second-order valence-electron chi connectivity index (χ2n) is 7.63. The van der Waals surface area contributed by atoms with Gasteiger partial charge in [-0.3, -0.25) is 4.79 Å². The molecule has 0 spiro atoms. The molecular formula is C18H22FN3O3S. The molecule has 0 unspecified atom stereocenters. The van der Waals surface area contributed by atoms with Gasteiger partial charge in [0.15, 0.2) is 9.84 Å². The van der Waals surface area contributed by atoms with Crippen molar-refractivity contribution in [3.05, 3.63) is 47.4 Å². The molecule has 1 aliphatic heterocycles. The Morgan fingerprint density at radius 3 is 2.46 bits per heavy atom. The number of hydrogen-bond acceptors (Lipinski definition) is 4. The summed E-state index contributed by atoms with van der Waals surface area (Å²) < 4.78 is 38.3. The summed E-state index contributed by atoms with van der Waals surface area (Å²) in [4.78, 5) is 12.5. The lowest BCUT2D eigenvalue weighted by molar-refractivity contribution is 0.102. The van der Waals surface area contributed by atoms with Crippen molar-refractivity contribution in [2.45, 2.75) is 38.6 Å². The van der Waals surface area contributed by atoms with E-state index < -0.39 is 21.6 Å². The van der Waals surface area contributed by atoms with Gasteiger partial charge in [0.1, 0.15) is 11.6 Å². The molecule has 1 amide bonds. The number of aromatic nitrogens is 2. The van der Waals surface area contributed by atoms with Crippen LogP contribution < -0.4 is 5.32 Å². The molecule has 8 heteroatoms. The van der Waals surface area contributed by atoms with Crippen molar-refractivity contribution in [3.8, 4) is 0 Å². The highest BCUT2D eigenvalue weighted by Gasteiger charge is 2.33. The zero-order valence-corrected chi connectivity index (χ0v) is 15.8. The molecule has 1 aromatic heterocycles. The molecule has 1 aliphatic rings. The fraction of sp³-hybridized carbons (Fsp3) is 0.444. The minimum atomic E-state index is -3.09. The largest absolute Gasteiger partial charge is 0.307 e. The fourth-order valence-corrected chi connectivity index (χ4v) is 4.58. The Morgan fingerprint density at radius 2 is 1.92 bits per heavy atom. The first-order valence-electron chi connectivity index (χ1n) is 8.42. The van der Waals surface area contributed by atoms with Crippen LogP contribution in [0.3, 0.4) is 0 Å². The van der Waals surface area contributed by atoms with Crippen molar-refractivity contribution in [1.82, 2.24) is 9.78 Å². The van der Waals surface area contributed by atoms with Gasteiger partial charge in [0, 0.05) is 17.0 Å². The monoisotopic (exact) mass is 379 g/mol. The van der Waals surface area contributed by atoms with Crippen molar-refractivity contribution in [3.63, 3.8) is 0 Å². The minimum Gasteiger partial charge on any atom is -0.307 e. The maximum absolute atomic E-state index is 13.1. The van der Waals surface area contributed by atoms with Crippen LogP contribution >= 0.6 is 0 Å². The molecule has 140 valence electrons. The normalized spacial score (nSPS) is 19.5. The highest BCUT2D eigenvalue weighted by Crippen LogP contribution is 2.31. The average molecular weight is 379 g/mol. The SMILES string of the molecule is CC(C)(C)c1cc(NC(=O)c2ccc(F)cc2)n([C@@H]2CCS(=O)(=O)C2)n1. The Labute approximate surface area is 152 Å². The molecule has 2 heterocycles. The van der Waals surface area contributed by atoms with E-state index >= 15 is 0 Å². The molecular weight excluding hydrogens is 357 g/mol. The number of benzene rings is 1. The second kappa shape index (κ2) is 6.50. The Bertz CT molecular complexity index is 928. The van der Waals surface area contributed by atoms with Crippen molar-refractivity contribution in [2.24, 2.45) is 0 Å². The third-order valence-electron chi connectivity index (χ3n) is 4.41. The topological polar surface area (TPSA) is 81.1 Å². The van der Waals surface area contributed by atoms with Gasteiger partial charge in [-0.25, -0.2) is 17.5 Å². The zero-order valence-electron chi connectivity index (χ0n) is 15.0. The lowest BCUT2D eigenvalue weighted by Crippen LogP contribution is -2.20. The summed E-state index contributed by atoms with van der Waals surface area (Å²) in [5, 5.41) is 7.35. The minimum absolute atomic E-state index is 0.0116. The van der Waals surface area contributed by atoms with Crippen LogP contribution in [0.1, 0.15) is 49.3 Å². The van der Waals surface area contributed by atoms with E-state index in [1.807, 2.05) is 20.8 Å². The third-order valence-corrected chi connectivity index (χ3v) is 6.16. The Morgan fingerprint density at radius 1 is 1.27 bits per heavy atom. The molecule has 1 N–H and O–H groups in total. The highest BCUT2D eigenvalue weighted by molar-refractivity contribution is 7.91. The lowest BCUT2D eigenvalue weighted by Gasteiger charge is -2.15. The zero-order chi connectivity index (χ0) is 19.1. The first kappa shape index (κ1) is 18.6. The number of carbonyl (C=O) groups is 1. The quantitative estimate of drug-likeness (QED) is 0.889. The van der Waals surface area contributed by atoms with Gasteiger partial charge in [0.05, 0.1) is 23.2 Å². The summed E-state index contributed by atoms with van der Waals surface area (Å²) in [6.07, 6.45) is 0.465. The van der Waals surface area contributed by atoms with Gasteiger partial charge >= 0.3 is 0 Å². The highest BCUT2D eigenvalue weighted by atomic mass is 32.2. The van der Waals surface area contributed by atoms with Gasteiger partial charge in [-0.1, -0.05) is 20.8 Å². The van der Waals surface area contributed by atoms with Crippen LogP contribution in [0.4, 0.5) is 10.2 Å². The maximum atomic E-state index is 13.1. The van der Waals surface area contributed by atoms with Gasteiger partial charge in [0.25, 0.3) is 5.91 Å². The molecule has 6 nitrogen and oxygen atoms in total. The molecule has 0 bridgehead atoms. The first-order valence-corrected chi connectivity index (χ1v) is 10.2. The number of nitrogens with one attached hydrogen (secondary N) is 1. The van der Waals surface area contributed by atoms with Crippen molar-refractivity contribution in [1.29, 1.82) is 0 Å². The molecule has 1 aromatic carbocycles. The van der Waals surface area contributed by atoms with E-state index in [-0.39, 0.29) is 23.0 Å². The number of carbonyl (C=O) groups excluding carboxylic acids is 1. The molecule has 0 aliphatic carbocycles. The van der Waals surface area contributed by atoms with Crippen LogP contribution in [0, 0.1) is 5.82 Å². The van der Waals surface area contributed by atoms with E-state index in [0.29, 0.717) is 17.8 Å². The van der Waals surface area contributed by atoms with Crippen LogP contribution in [0.15, 0.2) is 30.3 Å². The van der Waals surface area contributed by atoms with E-state index in [2.05, 4.69) is 10.4 Å². The number of hydrogen-bond donors (Lipinski definition) is 1. The number of rotatable bonds is 3. The van der Waals surface area contributed by atoms with Crippen LogP contribution in [0.2, 0.25) is 0 Å². The van der Waals surface area contributed by atoms with Gasteiger partial charge < -0.3 is 5.32 Å². The van der Waals surface area contributed by atoms with E-state index in [0.717, 1.165) is 5.69 Å². The van der Waals surface area contributed by atoms with Crippen LogP contribution in [-0.2, 0) is 15.3 Å². The molecule has 1 fully saturated rings. The van der Waals surface area contributed by atoms with Crippen LogP contribution in [0.25, 0.3) is 0 Å². The predicted molar refractivity (Wildman–Crippen MR) is 97.6 cm³/mol.